The van der Waals surface area contributed by atoms with Crippen molar-refractivity contribution in [3.8, 4) is 11.3 Å². The summed E-state index contributed by atoms with van der Waals surface area (Å²) in [5, 5.41) is 13.1. The Morgan fingerprint density at radius 1 is 1.24 bits per heavy atom. The highest BCUT2D eigenvalue weighted by Crippen LogP contribution is 2.23. The molecule has 0 bridgehead atoms. The smallest absolute Gasteiger partial charge is 0.264 e. The minimum absolute atomic E-state index is 0.0399. The van der Waals surface area contributed by atoms with Gasteiger partial charge in [-0.25, -0.2) is 18.9 Å². The molecule has 0 aliphatic rings. The number of hydrogen-bond donors (Lipinski definition) is 2. The van der Waals surface area contributed by atoms with E-state index in [4.69, 9.17) is 5.21 Å². The molecule has 1 atom stereocenters. The lowest BCUT2D eigenvalue weighted by atomic mass is 10.1. The van der Waals surface area contributed by atoms with Gasteiger partial charge in [-0.05, 0) is 18.9 Å². The van der Waals surface area contributed by atoms with E-state index < -0.39 is 20.5 Å². The Morgan fingerprint density at radius 2 is 1.97 bits per heavy atom. The second kappa shape index (κ2) is 8.18. The van der Waals surface area contributed by atoms with Gasteiger partial charge in [0.05, 0.1) is 18.2 Å². The third kappa shape index (κ3) is 4.54. The molecule has 0 aliphatic carbocycles. The minimum Gasteiger partial charge on any atom is -0.332 e. The topological polar surface area (TPSA) is 119 Å². The quantitative estimate of drug-likeness (QED) is 0.423. The van der Waals surface area contributed by atoms with Gasteiger partial charge >= 0.3 is 0 Å². The monoisotopic (exact) mass is 417 g/mol. The van der Waals surface area contributed by atoms with E-state index in [1.54, 1.807) is 23.4 Å². The number of aromatic nitrogens is 4. The highest BCUT2D eigenvalue weighted by atomic mass is 32.2. The summed E-state index contributed by atoms with van der Waals surface area (Å²) >= 11 is 0. The first kappa shape index (κ1) is 20.7. The van der Waals surface area contributed by atoms with Crippen LogP contribution in [0.25, 0.3) is 11.3 Å². The number of hydroxylamine groups is 1. The van der Waals surface area contributed by atoms with Crippen molar-refractivity contribution in [2.75, 3.05) is 6.26 Å². The Labute approximate surface area is 168 Å². The summed E-state index contributed by atoms with van der Waals surface area (Å²) in [7, 11) is -3.75. The number of carbonyl (C=O) groups is 1. The molecule has 2 N–H and O–H groups in total. The van der Waals surface area contributed by atoms with Gasteiger partial charge in [0.25, 0.3) is 5.91 Å². The van der Waals surface area contributed by atoms with E-state index >= 15 is 0 Å². The van der Waals surface area contributed by atoms with Crippen LogP contribution in [-0.2, 0) is 27.7 Å². The van der Waals surface area contributed by atoms with Gasteiger partial charge in [0, 0.05) is 37.3 Å². The number of imidazole rings is 1. The van der Waals surface area contributed by atoms with Crippen molar-refractivity contribution in [2.45, 2.75) is 31.2 Å². The maximum Gasteiger partial charge on any atom is 0.264 e. The van der Waals surface area contributed by atoms with Crippen molar-refractivity contribution in [3.63, 3.8) is 0 Å². The van der Waals surface area contributed by atoms with E-state index in [1.807, 2.05) is 41.1 Å². The standard InChI is InChI=1S/C19H23N5O4S/c1-19(18(25)22-26,29(2,27)28)8-9-24-12-16(10-21-24)17-13-23(14-20-17)11-15-6-4-3-5-7-15/h3-7,10,12-14,26H,8-9,11H2,1-2H3,(H,22,25). The molecule has 1 unspecified atom stereocenters. The van der Waals surface area contributed by atoms with E-state index in [1.165, 1.54) is 12.4 Å². The molecule has 2 aromatic heterocycles. The van der Waals surface area contributed by atoms with Crippen LogP contribution in [0.3, 0.4) is 0 Å². The summed E-state index contributed by atoms with van der Waals surface area (Å²) < 4.78 is 25.8. The number of amides is 1. The fraction of sp³-hybridized carbons (Fsp3) is 0.316. The molecule has 10 heteroatoms. The van der Waals surface area contributed by atoms with Crippen LogP contribution < -0.4 is 5.48 Å². The predicted octanol–water partition coefficient (Wildman–Crippen LogP) is 1.49. The molecule has 1 amide bonds. The van der Waals surface area contributed by atoms with E-state index in [0.29, 0.717) is 6.54 Å². The van der Waals surface area contributed by atoms with Gasteiger partial charge in [-0.1, -0.05) is 30.3 Å². The van der Waals surface area contributed by atoms with Crippen molar-refractivity contribution in [2.24, 2.45) is 0 Å². The van der Waals surface area contributed by atoms with Crippen molar-refractivity contribution >= 4 is 15.7 Å². The molecule has 3 rings (SSSR count). The molecule has 154 valence electrons. The molecular weight excluding hydrogens is 394 g/mol. The highest BCUT2D eigenvalue weighted by molar-refractivity contribution is 7.92. The third-order valence-corrected chi connectivity index (χ3v) is 7.01. The number of nitrogens with one attached hydrogen (secondary N) is 1. The molecule has 1 aromatic carbocycles. The molecule has 29 heavy (non-hydrogen) atoms. The van der Waals surface area contributed by atoms with Crippen LogP contribution >= 0.6 is 0 Å². The highest BCUT2D eigenvalue weighted by Gasteiger charge is 2.43. The Morgan fingerprint density at radius 3 is 2.62 bits per heavy atom. The zero-order valence-electron chi connectivity index (χ0n) is 16.2. The number of benzene rings is 1. The van der Waals surface area contributed by atoms with Gasteiger partial charge in [-0.15, -0.1) is 0 Å². The molecule has 2 heterocycles. The van der Waals surface area contributed by atoms with Gasteiger partial charge in [-0.2, -0.15) is 5.10 Å². The van der Waals surface area contributed by atoms with Crippen LogP contribution in [0.5, 0.6) is 0 Å². The van der Waals surface area contributed by atoms with Crippen LogP contribution in [-0.4, -0.2) is 49.9 Å². The molecule has 9 nitrogen and oxygen atoms in total. The lowest BCUT2D eigenvalue weighted by Crippen LogP contribution is -2.49. The maximum atomic E-state index is 12.0. The van der Waals surface area contributed by atoms with Gasteiger partial charge in [0.1, 0.15) is 0 Å². The van der Waals surface area contributed by atoms with Crippen molar-refractivity contribution in [3.05, 3.63) is 60.8 Å². The van der Waals surface area contributed by atoms with E-state index in [9.17, 15) is 13.2 Å². The molecule has 0 radical (unpaired) electrons. The van der Waals surface area contributed by atoms with Crippen LogP contribution in [0.1, 0.15) is 18.9 Å². The number of rotatable bonds is 8. The summed E-state index contributed by atoms with van der Waals surface area (Å²) in [6, 6.07) is 10.0. The zero-order chi connectivity index (χ0) is 21.1. The van der Waals surface area contributed by atoms with Crippen LogP contribution in [0.2, 0.25) is 0 Å². The molecule has 0 aliphatic heterocycles. The molecule has 0 spiro atoms. The summed E-state index contributed by atoms with van der Waals surface area (Å²) in [6.07, 6.45) is 7.96. The number of carbonyl (C=O) groups excluding carboxylic acids is 1. The van der Waals surface area contributed by atoms with Crippen LogP contribution in [0, 0.1) is 0 Å². The Kier molecular flexibility index (Phi) is 5.85. The SMILES string of the molecule is CC(CCn1cc(-c2cn(Cc3ccccc3)cn2)cn1)(C(=O)NO)S(C)(=O)=O. The Bertz CT molecular complexity index is 1090. The van der Waals surface area contributed by atoms with E-state index in [2.05, 4.69) is 10.1 Å². The largest absolute Gasteiger partial charge is 0.332 e. The number of hydrogen-bond acceptors (Lipinski definition) is 6. The molecule has 0 saturated heterocycles. The average molecular weight is 417 g/mol. The Balaban J connectivity index is 1.70. The number of sulfone groups is 1. The summed E-state index contributed by atoms with van der Waals surface area (Å²) in [4.78, 5) is 16.3. The van der Waals surface area contributed by atoms with Crippen LogP contribution in [0.15, 0.2) is 55.2 Å². The molecular formula is C19H23N5O4S. The lowest BCUT2D eigenvalue weighted by Gasteiger charge is -2.24. The first-order valence-corrected chi connectivity index (χ1v) is 10.8. The van der Waals surface area contributed by atoms with Gasteiger partial charge in [0.15, 0.2) is 14.6 Å². The summed E-state index contributed by atoms with van der Waals surface area (Å²) in [5.41, 5.74) is 4.13. The fourth-order valence-electron chi connectivity index (χ4n) is 2.92. The zero-order valence-corrected chi connectivity index (χ0v) is 17.0. The first-order valence-electron chi connectivity index (χ1n) is 8.95. The first-order chi connectivity index (χ1) is 13.7. The van der Waals surface area contributed by atoms with Gasteiger partial charge < -0.3 is 4.57 Å². The second-order valence-corrected chi connectivity index (χ2v) is 9.55. The molecule has 0 saturated carbocycles. The average Bonchev–Trinajstić information content (AvgIpc) is 3.34. The van der Waals surface area contributed by atoms with Crippen molar-refractivity contribution in [1.29, 1.82) is 0 Å². The van der Waals surface area contributed by atoms with Crippen molar-refractivity contribution < 1.29 is 18.4 Å². The van der Waals surface area contributed by atoms with Crippen molar-refractivity contribution in [1.82, 2.24) is 24.8 Å². The van der Waals surface area contributed by atoms with Crippen LogP contribution in [0.4, 0.5) is 0 Å². The normalized spacial score (nSPS) is 13.8. The van der Waals surface area contributed by atoms with E-state index in [0.717, 1.165) is 23.1 Å². The third-order valence-electron chi connectivity index (χ3n) is 4.99. The summed E-state index contributed by atoms with van der Waals surface area (Å²) in [5.74, 6) is -0.966. The van der Waals surface area contributed by atoms with Gasteiger partial charge in [0.2, 0.25) is 0 Å². The second-order valence-electron chi connectivity index (χ2n) is 7.10. The fourth-order valence-corrected chi connectivity index (χ4v) is 3.77. The summed E-state index contributed by atoms with van der Waals surface area (Å²) in [6.45, 7) is 2.16. The Hall–Kier alpha value is -2.98. The molecule has 3 aromatic rings. The number of nitrogens with zero attached hydrogens (tertiary/aromatic N) is 4. The lowest BCUT2D eigenvalue weighted by molar-refractivity contribution is -0.131. The number of aryl methyl sites for hydroxylation is 1. The minimum atomic E-state index is -3.75. The van der Waals surface area contributed by atoms with Gasteiger partial charge in [-0.3, -0.25) is 14.7 Å². The van der Waals surface area contributed by atoms with E-state index in [-0.39, 0.29) is 13.0 Å². The maximum absolute atomic E-state index is 12.0. The predicted molar refractivity (Wildman–Crippen MR) is 107 cm³/mol. The molecule has 0 fully saturated rings.